The van der Waals surface area contributed by atoms with E-state index in [-0.39, 0.29) is 22.8 Å². The zero-order chi connectivity index (χ0) is 10.6. The molecule has 0 aromatic rings. The summed E-state index contributed by atoms with van der Waals surface area (Å²) in [6.45, 7) is 5.13. The summed E-state index contributed by atoms with van der Waals surface area (Å²) in [7, 11) is 0. The number of hydrogen-bond donors (Lipinski definition) is 4. The number of nitrogens with zero attached hydrogens (tertiary/aromatic N) is 2. The maximum atomic E-state index is 8.96. The van der Waals surface area contributed by atoms with Crippen LogP contribution in [0.2, 0.25) is 0 Å². The Labute approximate surface area is 77.4 Å². The molecule has 0 spiro atoms. The van der Waals surface area contributed by atoms with E-state index in [1.807, 2.05) is 6.92 Å². The summed E-state index contributed by atoms with van der Waals surface area (Å²) in [4.78, 5) is 0. The van der Waals surface area contributed by atoms with Crippen LogP contribution in [0.1, 0.15) is 33.6 Å². The summed E-state index contributed by atoms with van der Waals surface area (Å²) in [5.41, 5.74) is -1.56. The van der Waals surface area contributed by atoms with E-state index < -0.39 is 5.66 Å². The van der Waals surface area contributed by atoms with Gasteiger partial charge in [0.15, 0.2) is 5.66 Å². The molecule has 0 atom stereocenters. The third-order valence-corrected chi connectivity index (χ3v) is 2.24. The molecule has 0 bridgehead atoms. The zero-order valence-corrected chi connectivity index (χ0v) is 8.17. The number of hydroxylamine groups is 4. The first-order valence-corrected chi connectivity index (χ1v) is 4.25. The van der Waals surface area contributed by atoms with Gasteiger partial charge < -0.3 is 0 Å². The third-order valence-electron chi connectivity index (χ3n) is 2.24. The van der Waals surface area contributed by atoms with Gasteiger partial charge in [0.1, 0.15) is 0 Å². The minimum absolute atomic E-state index is 0.152. The minimum atomic E-state index is -1.56. The van der Waals surface area contributed by atoms with Crippen molar-refractivity contribution in [1.29, 1.82) is 0 Å². The first kappa shape index (κ1) is 12.8. The molecule has 6 heteroatoms. The lowest BCUT2D eigenvalue weighted by atomic mass is 9.92. The van der Waals surface area contributed by atoms with Gasteiger partial charge in [-0.1, -0.05) is 27.2 Å². The van der Waals surface area contributed by atoms with Gasteiger partial charge in [0, 0.05) is 0 Å². The second kappa shape index (κ2) is 4.85. The van der Waals surface area contributed by atoms with Gasteiger partial charge in [-0.15, -0.1) is 0 Å². The fraction of sp³-hybridized carbons (Fsp3) is 1.00. The van der Waals surface area contributed by atoms with Crippen LogP contribution in [0.3, 0.4) is 0 Å². The van der Waals surface area contributed by atoms with Crippen LogP contribution in [0.15, 0.2) is 0 Å². The van der Waals surface area contributed by atoms with Crippen molar-refractivity contribution in [3.63, 3.8) is 0 Å². The molecule has 0 heterocycles. The van der Waals surface area contributed by atoms with Crippen molar-refractivity contribution in [1.82, 2.24) is 10.5 Å². The van der Waals surface area contributed by atoms with Crippen LogP contribution in [0.25, 0.3) is 0 Å². The Hall–Kier alpha value is -0.240. The topological polar surface area (TPSA) is 87.4 Å². The van der Waals surface area contributed by atoms with Gasteiger partial charge in [0.2, 0.25) is 0 Å². The SMILES string of the molecule is CCCC(C(C)C)(N(O)O)N(O)O. The summed E-state index contributed by atoms with van der Waals surface area (Å²) in [6.07, 6.45) is 0.818. The molecule has 0 unspecified atom stereocenters. The molecule has 6 nitrogen and oxygen atoms in total. The van der Waals surface area contributed by atoms with Gasteiger partial charge in [0.05, 0.1) is 0 Å². The van der Waals surface area contributed by atoms with Gasteiger partial charge in [-0.2, -0.15) is 0 Å². The van der Waals surface area contributed by atoms with Crippen molar-refractivity contribution in [3.8, 4) is 0 Å². The molecule has 4 N–H and O–H groups in total. The van der Waals surface area contributed by atoms with Gasteiger partial charge >= 0.3 is 0 Å². The Morgan fingerprint density at radius 2 is 1.46 bits per heavy atom. The molecule has 80 valence electrons. The van der Waals surface area contributed by atoms with Crippen molar-refractivity contribution >= 4 is 0 Å². The van der Waals surface area contributed by atoms with Crippen LogP contribution >= 0.6 is 0 Å². The molecule has 0 saturated heterocycles. The molecule has 0 aromatic heterocycles. The van der Waals surface area contributed by atoms with Crippen molar-refractivity contribution < 1.29 is 20.8 Å². The van der Waals surface area contributed by atoms with E-state index >= 15 is 0 Å². The van der Waals surface area contributed by atoms with Crippen LogP contribution in [-0.2, 0) is 0 Å². The first-order chi connectivity index (χ1) is 5.89. The molecule has 0 aliphatic heterocycles. The van der Waals surface area contributed by atoms with Crippen molar-refractivity contribution in [2.45, 2.75) is 39.3 Å². The van der Waals surface area contributed by atoms with E-state index in [0.29, 0.717) is 6.42 Å². The molecule has 0 fully saturated rings. The summed E-state index contributed by atoms with van der Waals surface area (Å²) >= 11 is 0. The second-order valence-corrected chi connectivity index (χ2v) is 3.36. The van der Waals surface area contributed by atoms with Crippen molar-refractivity contribution in [2.24, 2.45) is 5.92 Å². The predicted octanol–water partition coefficient (Wildman–Crippen LogP) is 1.30. The largest absolute Gasteiger partial charge is 0.288 e. The fourth-order valence-electron chi connectivity index (χ4n) is 1.40. The van der Waals surface area contributed by atoms with Crippen molar-refractivity contribution in [3.05, 3.63) is 0 Å². The van der Waals surface area contributed by atoms with Gasteiger partial charge in [0.25, 0.3) is 0 Å². The van der Waals surface area contributed by atoms with E-state index in [9.17, 15) is 0 Å². The van der Waals surface area contributed by atoms with Crippen LogP contribution in [-0.4, -0.2) is 36.9 Å². The lowest BCUT2D eigenvalue weighted by Gasteiger charge is -2.41. The fourth-order valence-corrected chi connectivity index (χ4v) is 1.40. The minimum Gasteiger partial charge on any atom is -0.288 e. The van der Waals surface area contributed by atoms with E-state index in [1.165, 1.54) is 0 Å². The van der Waals surface area contributed by atoms with Crippen LogP contribution in [0.5, 0.6) is 0 Å². The highest BCUT2D eigenvalue weighted by Gasteiger charge is 2.44. The molecule has 0 aliphatic carbocycles. The van der Waals surface area contributed by atoms with E-state index in [4.69, 9.17) is 20.8 Å². The van der Waals surface area contributed by atoms with E-state index in [0.717, 1.165) is 0 Å². The van der Waals surface area contributed by atoms with Crippen LogP contribution in [0, 0.1) is 5.92 Å². The Morgan fingerprint density at radius 1 is 1.08 bits per heavy atom. The summed E-state index contributed by atoms with van der Waals surface area (Å²) in [5.74, 6) is -0.350. The maximum Gasteiger partial charge on any atom is 0.177 e. The van der Waals surface area contributed by atoms with Crippen molar-refractivity contribution in [2.75, 3.05) is 0 Å². The third kappa shape index (κ3) is 2.37. The van der Waals surface area contributed by atoms with E-state index in [1.54, 1.807) is 13.8 Å². The van der Waals surface area contributed by atoms with Gasteiger partial charge in [-0.05, 0) is 22.8 Å². The quantitative estimate of drug-likeness (QED) is 0.390. The maximum absolute atomic E-state index is 8.96. The van der Waals surface area contributed by atoms with Gasteiger partial charge in [-0.3, -0.25) is 20.8 Å². The molecule has 0 saturated carbocycles. The molecule has 0 amide bonds. The zero-order valence-electron chi connectivity index (χ0n) is 8.17. The normalized spacial score (nSPS) is 13.4. The summed E-state index contributed by atoms with van der Waals surface area (Å²) in [5, 5.41) is 35.5. The molecule has 13 heavy (non-hydrogen) atoms. The summed E-state index contributed by atoms with van der Waals surface area (Å²) < 4.78 is 0. The highest BCUT2D eigenvalue weighted by Crippen LogP contribution is 2.29. The summed E-state index contributed by atoms with van der Waals surface area (Å²) in [6, 6.07) is 0. The molecule has 0 aromatic carbocycles. The molecule has 0 rings (SSSR count). The molecule has 0 radical (unpaired) electrons. The smallest absolute Gasteiger partial charge is 0.177 e. The average molecular weight is 194 g/mol. The lowest BCUT2D eigenvalue weighted by Crippen LogP contribution is -2.59. The first-order valence-electron chi connectivity index (χ1n) is 4.25. The van der Waals surface area contributed by atoms with E-state index in [2.05, 4.69) is 0 Å². The Balaban J connectivity index is 4.82. The van der Waals surface area contributed by atoms with Gasteiger partial charge in [-0.25, -0.2) is 0 Å². The Bertz CT molecular complexity index is 128. The average Bonchev–Trinajstić information content (AvgIpc) is 1.97. The Kier molecular flexibility index (Phi) is 4.76. The highest BCUT2D eigenvalue weighted by atomic mass is 16.8. The highest BCUT2D eigenvalue weighted by molar-refractivity contribution is 4.80. The van der Waals surface area contributed by atoms with Crippen LogP contribution in [0.4, 0.5) is 0 Å². The molecule has 0 aliphatic rings. The molecular weight excluding hydrogens is 176 g/mol. The number of hydrogen-bond acceptors (Lipinski definition) is 6. The lowest BCUT2D eigenvalue weighted by molar-refractivity contribution is -0.499. The molecular formula is C7H18N2O4. The Morgan fingerprint density at radius 3 is 1.54 bits per heavy atom. The standard InChI is InChI=1S/C7H18N2O4/c1-4-5-7(6(2)3,8(10)11)9(12)13/h6,10-13H,4-5H2,1-3H3. The predicted molar refractivity (Wildman–Crippen MR) is 43.3 cm³/mol. The monoisotopic (exact) mass is 194 g/mol. The van der Waals surface area contributed by atoms with Crippen LogP contribution < -0.4 is 0 Å². The number of rotatable bonds is 5. The second-order valence-electron chi connectivity index (χ2n) is 3.36.